The van der Waals surface area contributed by atoms with Gasteiger partial charge in [0.25, 0.3) is 0 Å². The third-order valence-electron chi connectivity index (χ3n) is 2.61. The Morgan fingerprint density at radius 3 is 2.76 bits per heavy atom. The number of aromatic nitrogens is 3. The maximum absolute atomic E-state index is 12.6. The number of carbonyl (C=O) groups excluding carboxylic acids is 1. The molecule has 0 aliphatic heterocycles. The highest BCUT2D eigenvalue weighted by atomic mass is 79.9. The Labute approximate surface area is 126 Å². The molecule has 0 spiro atoms. The van der Waals surface area contributed by atoms with Crippen molar-refractivity contribution in [2.45, 2.75) is 19.1 Å². The van der Waals surface area contributed by atoms with Gasteiger partial charge < -0.3 is 5.32 Å². The van der Waals surface area contributed by atoms with Crippen LogP contribution in [-0.4, -0.2) is 20.9 Å². The Bertz CT molecular complexity index is 628. The molecule has 0 atom stereocenters. The minimum atomic E-state index is -4.46. The van der Waals surface area contributed by atoms with Gasteiger partial charge in [-0.05, 0) is 34.1 Å². The number of carbonyl (C=O) groups is 1. The van der Waals surface area contributed by atoms with Gasteiger partial charge in [-0.25, -0.2) is 0 Å². The van der Waals surface area contributed by atoms with Gasteiger partial charge in [-0.3, -0.25) is 9.48 Å². The summed E-state index contributed by atoms with van der Waals surface area (Å²) in [7, 11) is 0. The molecule has 21 heavy (non-hydrogen) atoms. The van der Waals surface area contributed by atoms with E-state index in [-0.39, 0.29) is 12.1 Å². The predicted molar refractivity (Wildman–Crippen MR) is 72.4 cm³/mol. The monoisotopic (exact) mass is 362 g/mol. The molecule has 1 heterocycles. The number of benzene rings is 1. The van der Waals surface area contributed by atoms with Gasteiger partial charge in [0, 0.05) is 17.1 Å². The van der Waals surface area contributed by atoms with Gasteiger partial charge in [0.2, 0.25) is 5.91 Å². The van der Waals surface area contributed by atoms with Gasteiger partial charge in [0.1, 0.15) is 0 Å². The van der Waals surface area contributed by atoms with E-state index in [1.165, 1.54) is 16.9 Å². The molecular weight excluding hydrogens is 353 g/mol. The first kappa shape index (κ1) is 15.5. The highest BCUT2D eigenvalue weighted by molar-refractivity contribution is 9.10. The highest BCUT2D eigenvalue weighted by Crippen LogP contribution is 2.33. The molecule has 0 aliphatic carbocycles. The molecular formula is C12H10BrF3N4O. The molecule has 0 radical (unpaired) electrons. The summed E-state index contributed by atoms with van der Waals surface area (Å²) in [6, 6.07) is 3.07. The van der Waals surface area contributed by atoms with Gasteiger partial charge in [-0.1, -0.05) is 5.21 Å². The lowest BCUT2D eigenvalue weighted by Gasteiger charge is -2.11. The normalized spacial score (nSPS) is 11.4. The topological polar surface area (TPSA) is 59.8 Å². The molecule has 9 heteroatoms. The maximum Gasteiger partial charge on any atom is 0.416 e. The lowest BCUT2D eigenvalue weighted by Crippen LogP contribution is -2.16. The van der Waals surface area contributed by atoms with Crippen LogP contribution in [0.3, 0.4) is 0 Å². The third-order valence-corrected chi connectivity index (χ3v) is 3.30. The SMILES string of the molecule is O=C(CCn1ccnn1)Nc1cc(C(F)(F)F)ccc1Br. The van der Waals surface area contributed by atoms with Gasteiger partial charge in [0.15, 0.2) is 0 Å². The molecule has 0 aliphatic rings. The van der Waals surface area contributed by atoms with E-state index in [1.54, 1.807) is 6.20 Å². The van der Waals surface area contributed by atoms with Gasteiger partial charge in [-0.15, -0.1) is 5.10 Å². The van der Waals surface area contributed by atoms with E-state index in [0.29, 0.717) is 11.0 Å². The molecule has 1 N–H and O–H groups in total. The number of rotatable bonds is 4. The molecule has 5 nitrogen and oxygen atoms in total. The van der Waals surface area contributed by atoms with E-state index in [1.807, 2.05) is 0 Å². The number of anilines is 1. The van der Waals surface area contributed by atoms with Crippen LogP contribution in [0.1, 0.15) is 12.0 Å². The first-order valence-electron chi connectivity index (χ1n) is 5.87. The van der Waals surface area contributed by atoms with Crippen LogP contribution in [-0.2, 0) is 17.5 Å². The van der Waals surface area contributed by atoms with Crippen molar-refractivity contribution in [2.24, 2.45) is 0 Å². The fourth-order valence-electron chi connectivity index (χ4n) is 1.58. The van der Waals surface area contributed by atoms with Gasteiger partial charge in [0.05, 0.1) is 24.0 Å². The summed E-state index contributed by atoms with van der Waals surface area (Å²) in [5.41, 5.74) is -0.745. The summed E-state index contributed by atoms with van der Waals surface area (Å²) in [6.07, 6.45) is -1.32. The summed E-state index contributed by atoms with van der Waals surface area (Å²) in [6.45, 7) is 0.294. The van der Waals surface area contributed by atoms with Crippen LogP contribution in [0.5, 0.6) is 0 Å². The number of amides is 1. The summed E-state index contributed by atoms with van der Waals surface area (Å²) >= 11 is 3.11. The number of halogens is 4. The largest absolute Gasteiger partial charge is 0.416 e. The first-order chi connectivity index (χ1) is 9.86. The van der Waals surface area contributed by atoms with Crippen molar-refractivity contribution >= 4 is 27.5 Å². The van der Waals surface area contributed by atoms with Crippen molar-refractivity contribution in [3.05, 3.63) is 40.6 Å². The summed E-state index contributed by atoms with van der Waals surface area (Å²) in [5.74, 6) is -0.412. The molecule has 112 valence electrons. The van der Waals surface area contributed by atoms with Crippen LogP contribution < -0.4 is 5.32 Å². The maximum atomic E-state index is 12.6. The van der Waals surface area contributed by atoms with Crippen LogP contribution in [0, 0.1) is 0 Å². The Balaban J connectivity index is 2.03. The zero-order valence-corrected chi connectivity index (χ0v) is 12.1. The smallest absolute Gasteiger partial charge is 0.325 e. The Morgan fingerprint density at radius 1 is 1.38 bits per heavy atom. The molecule has 0 fully saturated rings. The second-order valence-corrected chi connectivity index (χ2v) is 5.01. The number of aryl methyl sites for hydroxylation is 1. The lowest BCUT2D eigenvalue weighted by atomic mass is 10.2. The van der Waals surface area contributed by atoms with Crippen molar-refractivity contribution in [1.82, 2.24) is 15.0 Å². The Hall–Kier alpha value is -1.90. The third kappa shape index (κ3) is 4.28. The van der Waals surface area contributed by atoms with E-state index in [0.717, 1.165) is 12.1 Å². The predicted octanol–water partition coefficient (Wildman–Crippen LogP) is 3.09. The minimum Gasteiger partial charge on any atom is -0.325 e. The van der Waals surface area contributed by atoms with Gasteiger partial charge in [-0.2, -0.15) is 13.2 Å². The molecule has 2 aromatic rings. The molecule has 1 amide bonds. The van der Waals surface area contributed by atoms with E-state index >= 15 is 0 Å². The fraction of sp³-hybridized carbons (Fsp3) is 0.250. The average molecular weight is 363 g/mol. The average Bonchev–Trinajstić information content (AvgIpc) is 2.91. The Morgan fingerprint density at radius 2 is 2.14 bits per heavy atom. The highest BCUT2D eigenvalue weighted by Gasteiger charge is 2.31. The van der Waals surface area contributed by atoms with Gasteiger partial charge >= 0.3 is 6.18 Å². The summed E-state index contributed by atoms with van der Waals surface area (Å²) in [5, 5.41) is 9.71. The quantitative estimate of drug-likeness (QED) is 0.908. The fourth-order valence-corrected chi connectivity index (χ4v) is 1.92. The van der Waals surface area contributed by atoms with Crippen molar-refractivity contribution < 1.29 is 18.0 Å². The van der Waals surface area contributed by atoms with Crippen LogP contribution in [0.2, 0.25) is 0 Å². The molecule has 0 saturated heterocycles. The van der Waals surface area contributed by atoms with E-state index in [4.69, 9.17) is 0 Å². The number of nitrogens with one attached hydrogen (secondary N) is 1. The van der Waals surface area contributed by atoms with Crippen LogP contribution in [0.25, 0.3) is 0 Å². The van der Waals surface area contributed by atoms with Crippen molar-refractivity contribution in [2.75, 3.05) is 5.32 Å². The zero-order valence-electron chi connectivity index (χ0n) is 10.6. The van der Waals surface area contributed by atoms with Crippen molar-refractivity contribution in [3.63, 3.8) is 0 Å². The number of hydrogen-bond donors (Lipinski definition) is 1. The van der Waals surface area contributed by atoms with Crippen LogP contribution in [0.15, 0.2) is 35.1 Å². The van der Waals surface area contributed by atoms with E-state index < -0.39 is 17.6 Å². The zero-order chi connectivity index (χ0) is 15.5. The molecule has 2 rings (SSSR count). The number of alkyl halides is 3. The molecule has 0 saturated carbocycles. The number of hydrogen-bond acceptors (Lipinski definition) is 3. The Kier molecular flexibility index (Phi) is 4.61. The second-order valence-electron chi connectivity index (χ2n) is 4.16. The molecule has 1 aromatic heterocycles. The second kappa shape index (κ2) is 6.25. The van der Waals surface area contributed by atoms with Crippen molar-refractivity contribution in [1.29, 1.82) is 0 Å². The summed E-state index contributed by atoms with van der Waals surface area (Å²) < 4.78 is 39.7. The lowest BCUT2D eigenvalue weighted by molar-refractivity contribution is -0.137. The standard InChI is InChI=1S/C12H10BrF3N4O/c13-9-2-1-8(12(14,15)16)7-10(9)18-11(21)3-5-20-6-4-17-19-20/h1-2,4,6-7H,3,5H2,(H,18,21). The molecule has 0 unspecified atom stereocenters. The first-order valence-corrected chi connectivity index (χ1v) is 6.66. The summed E-state index contributed by atoms with van der Waals surface area (Å²) in [4.78, 5) is 11.7. The van der Waals surface area contributed by atoms with E-state index in [9.17, 15) is 18.0 Å². The van der Waals surface area contributed by atoms with E-state index in [2.05, 4.69) is 31.6 Å². The number of nitrogens with zero attached hydrogens (tertiary/aromatic N) is 3. The molecule has 0 bridgehead atoms. The van der Waals surface area contributed by atoms with Crippen molar-refractivity contribution in [3.8, 4) is 0 Å². The molecule has 1 aromatic carbocycles. The van der Waals surface area contributed by atoms with Crippen LogP contribution >= 0.6 is 15.9 Å². The van der Waals surface area contributed by atoms with Crippen LogP contribution in [0.4, 0.5) is 18.9 Å². The minimum absolute atomic E-state index is 0.0754.